The number of hydrogen-bond acceptors (Lipinski definition) is 2. The topological polar surface area (TPSA) is 65.1 Å². The first kappa shape index (κ1) is 14.1. The van der Waals surface area contributed by atoms with Gasteiger partial charge in [-0.1, -0.05) is 18.2 Å². The van der Waals surface area contributed by atoms with Crippen molar-refractivity contribution in [2.75, 3.05) is 0 Å². The van der Waals surface area contributed by atoms with Gasteiger partial charge in [0.2, 0.25) is 5.91 Å². The van der Waals surface area contributed by atoms with Gasteiger partial charge >= 0.3 is 0 Å². The molecule has 1 saturated carbocycles. The van der Waals surface area contributed by atoms with Gasteiger partial charge in [0.05, 0.1) is 12.5 Å². The molecule has 1 aromatic heterocycles. The van der Waals surface area contributed by atoms with Crippen LogP contribution in [0.3, 0.4) is 0 Å². The fourth-order valence-electron chi connectivity index (χ4n) is 3.18. The Balaban J connectivity index is 1.65. The maximum absolute atomic E-state index is 12.2. The summed E-state index contributed by atoms with van der Waals surface area (Å²) in [4.78, 5) is 15.5. The van der Waals surface area contributed by atoms with Crippen LogP contribution in [0.2, 0.25) is 0 Å². The molecule has 2 aromatic rings. The molecule has 4 heteroatoms. The number of aliphatic hydroxyl groups is 1. The summed E-state index contributed by atoms with van der Waals surface area (Å²) < 4.78 is 0. The number of H-pyrrole nitrogens is 1. The van der Waals surface area contributed by atoms with Gasteiger partial charge < -0.3 is 15.4 Å². The highest BCUT2D eigenvalue weighted by Gasteiger charge is 2.21. The van der Waals surface area contributed by atoms with Gasteiger partial charge in [-0.2, -0.15) is 0 Å². The predicted molar refractivity (Wildman–Crippen MR) is 83.1 cm³/mol. The first-order chi connectivity index (χ1) is 10.1. The van der Waals surface area contributed by atoms with Crippen molar-refractivity contribution in [2.24, 2.45) is 0 Å². The number of amides is 1. The molecule has 1 amide bonds. The number of aromatic nitrogens is 1. The number of carbonyl (C=O) groups excluding carboxylic acids is 1. The normalized spacial score (nSPS) is 22.4. The molecule has 1 aromatic carbocycles. The summed E-state index contributed by atoms with van der Waals surface area (Å²) in [5, 5.41) is 13.7. The zero-order valence-corrected chi connectivity index (χ0v) is 12.4. The fraction of sp³-hybridized carbons (Fsp3) is 0.471. The average Bonchev–Trinajstić information content (AvgIpc) is 2.86. The summed E-state index contributed by atoms with van der Waals surface area (Å²) in [5.74, 6) is 0.0683. The quantitative estimate of drug-likeness (QED) is 0.811. The van der Waals surface area contributed by atoms with Gasteiger partial charge in [-0.25, -0.2) is 0 Å². The third kappa shape index (κ3) is 3.10. The Morgan fingerprint density at radius 1 is 1.33 bits per heavy atom. The molecule has 1 fully saturated rings. The first-order valence-electron chi connectivity index (χ1n) is 7.66. The molecule has 112 valence electrons. The van der Waals surface area contributed by atoms with E-state index in [-0.39, 0.29) is 18.1 Å². The van der Waals surface area contributed by atoms with Crippen molar-refractivity contribution in [3.8, 4) is 0 Å². The second-order valence-electron chi connectivity index (χ2n) is 6.06. The second kappa shape index (κ2) is 5.90. The Hall–Kier alpha value is -1.81. The molecule has 3 rings (SSSR count). The molecule has 0 radical (unpaired) electrons. The number of para-hydroxylation sites is 1. The minimum absolute atomic E-state index is 0.0683. The maximum Gasteiger partial charge on any atom is 0.224 e. The number of hydrogen-bond donors (Lipinski definition) is 3. The molecule has 0 spiro atoms. The van der Waals surface area contributed by atoms with Gasteiger partial charge in [0.15, 0.2) is 0 Å². The van der Waals surface area contributed by atoms with Crippen LogP contribution in [0, 0.1) is 6.92 Å². The molecular formula is C17H22N2O2. The zero-order valence-electron chi connectivity index (χ0n) is 12.4. The van der Waals surface area contributed by atoms with Crippen LogP contribution in [-0.4, -0.2) is 28.1 Å². The van der Waals surface area contributed by atoms with Crippen LogP contribution >= 0.6 is 0 Å². The van der Waals surface area contributed by atoms with Gasteiger partial charge in [-0.05, 0) is 43.7 Å². The second-order valence-corrected chi connectivity index (χ2v) is 6.06. The van der Waals surface area contributed by atoms with E-state index in [1.54, 1.807) is 0 Å². The molecule has 3 N–H and O–H groups in total. The molecule has 0 saturated heterocycles. The van der Waals surface area contributed by atoms with E-state index >= 15 is 0 Å². The van der Waals surface area contributed by atoms with E-state index in [0.29, 0.717) is 6.42 Å². The van der Waals surface area contributed by atoms with Crippen LogP contribution in [0.15, 0.2) is 24.4 Å². The average molecular weight is 286 g/mol. The van der Waals surface area contributed by atoms with Gasteiger partial charge in [-0.3, -0.25) is 4.79 Å². The third-order valence-corrected chi connectivity index (χ3v) is 4.42. The maximum atomic E-state index is 12.2. The van der Waals surface area contributed by atoms with Gasteiger partial charge in [0.1, 0.15) is 0 Å². The zero-order chi connectivity index (χ0) is 14.8. The fourth-order valence-corrected chi connectivity index (χ4v) is 3.18. The Morgan fingerprint density at radius 2 is 2.10 bits per heavy atom. The van der Waals surface area contributed by atoms with Crippen molar-refractivity contribution < 1.29 is 9.90 Å². The molecule has 1 heterocycles. The van der Waals surface area contributed by atoms with E-state index < -0.39 is 0 Å². The lowest BCUT2D eigenvalue weighted by Gasteiger charge is -2.26. The van der Waals surface area contributed by atoms with Crippen LogP contribution in [-0.2, 0) is 11.2 Å². The number of aryl methyl sites for hydroxylation is 1. The first-order valence-corrected chi connectivity index (χ1v) is 7.66. The van der Waals surface area contributed by atoms with Gasteiger partial charge in [0.25, 0.3) is 0 Å². The van der Waals surface area contributed by atoms with Crippen LogP contribution < -0.4 is 5.32 Å². The largest absolute Gasteiger partial charge is 0.393 e. The number of carbonyl (C=O) groups is 1. The molecular weight excluding hydrogens is 264 g/mol. The summed E-state index contributed by atoms with van der Waals surface area (Å²) in [7, 11) is 0. The van der Waals surface area contributed by atoms with E-state index in [4.69, 9.17) is 0 Å². The van der Waals surface area contributed by atoms with Crippen molar-refractivity contribution >= 4 is 16.8 Å². The Bertz CT molecular complexity index is 639. The molecule has 0 atom stereocenters. The molecule has 1 aliphatic carbocycles. The van der Waals surface area contributed by atoms with Crippen molar-refractivity contribution in [3.05, 3.63) is 35.5 Å². The number of rotatable bonds is 3. The molecule has 1 aliphatic rings. The number of nitrogens with one attached hydrogen (secondary N) is 2. The molecule has 4 nitrogen and oxygen atoms in total. The summed E-state index contributed by atoms with van der Waals surface area (Å²) >= 11 is 0. The summed E-state index contributed by atoms with van der Waals surface area (Å²) in [6.45, 7) is 2.07. The van der Waals surface area contributed by atoms with Gasteiger partial charge in [0, 0.05) is 23.1 Å². The smallest absolute Gasteiger partial charge is 0.224 e. The monoisotopic (exact) mass is 286 g/mol. The van der Waals surface area contributed by atoms with E-state index in [1.807, 2.05) is 12.3 Å². The van der Waals surface area contributed by atoms with E-state index in [0.717, 1.165) is 42.1 Å². The SMILES string of the molecule is Cc1cccc2c(CC(=O)NC3CCC(O)CC3)c[nH]c12. The Morgan fingerprint density at radius 3 is 2.86 bits per heavy atom. The lowest BCUT2D eigenvalue weighted by Crippen LogP contribution is -2.39. The molecule has 0 bridgehead atoms. The van der Waals surface area contributed by atoms with Gasteiger partial charge in [-0.15, -0.1) is 0 Å². The number of fused-ring (bicyclic) bond motifs is 1. The van der Waals surface area contributed by atoms with Crippen molar-refractivity contribution in [1.82, 2.24) is 10.3 Å². The standard InChI is InChI=1S/C17H22N2O2/c1-11-3-2-4-15-12(10-18-17(11)15)9-16(21)19-13-5-7-14(20)8-6-13/h2-4,10,13-14,18,20H,5-9H2,1H3,(H,19,21). The minimum atomic E-state index is -0.185. The summed E-state index contributed by atoms with van der Waals surface area (Å²) in [6.07, 6.45) is 5.48. The molecule has 21 heavy (non-hydrogen) atoms. The summed E-state index contributed by atoms with van der Waals surface area (Å²) in [6, 6.07) is 6.36. The Labute approximate surface area is 124 Å². The van der Waals surface area contributed by atoms with Crippen LogP contribution in [0.25, 0.3) is 10.9 Å². The van der Waals surface area contributed by atoms with Crippen molar-refractivity contribution in [3.63, 3.8) is 0 Å². The Kier molecular flexibility index (Phi) is 3.97. The highest BCUT2D eigenvalue weighted by molar-refractivity contribution is 5.90. The van der Waals surface area contributed by atoms with Crippen LogP contribution in [0.4, 0.5) is 0 Å². The highest BCUT2D eigenvalue weighted by Crippen LogP contribution is 2.22. The predicted octanol–water partition coefficient (Wildman–Crippen LogP) is 2.44. The van der Waals surface area contributed by atoms with Crippen LogP contribution in [0.1, 0.15) is 36.8 Å². The van der Waals surface area contributed by atoms with Crippen molar-refractivity contribution in [1.29, 1.82) is 0 Å². The van der Waals surface area contributed by atoms with E-state index in [1.165, 1.54) is 5.56 Å². The minimum Gasteiger partial charge on any atom is -0.393 e. The highest BCUT2D eigenvalue weighted by atomic mass is 16.3. The molecule has 0 unspecified atom stereocenters. The number of benzene rings is 1. The number of aromatic amines is 1. The summed E-state index contributed by atoms with van der Waals surface area (Å²) in [5.41, 5.74) is 3.35. The lowest BCUT2D eigenvalue weighted by atomic mass is 9.93. The van der Waals surface area contributed by atoms with E-state index in [9.17, 15) is 9.90 Å². The third-order valence-electron chi connectivity index (χ3n) is 4.42. The lowest BCUT2D eigenvalue weighted by molar-refractivity contribution is -0.121. The number of aliphatic hydroxyl groups excluding tert-OH is 1. The van der Waals surface area contributed by atoms with Crippen LogP contribution in [0.5, 0.6) is 0 Å². The molecule has 0 aliphatic heterocycles. The van der Waals surface area contributed by atoms with E-state index in [2.05, 4.69) is 29.4 Å². The van der Waals surface area contributed by atoms with Crippen molar-refractivity contribution in [2.45, 2.75) is 51.2 Å².